The van der Waals surface area contributed by atoms with Gasteiger partial charge in [-0.2, -0.15) is 0 Å². The molecule has 4 nitrogen and oxygen atoms in total. The van der Waals surface area contributed by atoms with E-state index in [0.29, 0.717) is 36.0 Å². The number of benzene rings is 1. The van der Waals surface area contributed by atoms with Crippen LogP contribution in [0, 0.1) is 0 Å². The van der Waals surface area contributed by atoms with Crippen LogP contribution in [0.5, 0.6) is 11.5 Å². The Bertz CT molecular complexity index is 371. The Kier molecular flexibility index (Phi) is 3.85. The van der Waals surface area contributed by atoms with Crippen molar-refractivity contribution in [1.29, 1.82) is 0 Å². The van der Waals surface area contributed by atoms with E-state index in [1.54, 1.807) is 6.07 Å². The van der Waals surface area contributed by atoms with Gasteiger partial charge >= 0.3 is 0 Å². The second kappa shape index (κ2) is 5.14. The predicted octanol–water partition coefficient (Wildman–Crippen LogP) is 1.34. The van der Waals surface area contributed by atoms with Crippen molar-refractivity contribution in [2.75, 3.05) is 7.11 Å². The topological polar surface area (TPSA) is 63.6 Å². The number of carbonyl (C=O) groups is 2. The van der Waals surface area contributed by atoms with E-state index in [0.717, 1.165) is 6.29 Å². The molecule has 0 aromatic heterocycles. The minimum Gasteiger partial charge on any atom is -0.504 e. The maximum absolute atomic E-state index is 10.7. The summed E-state index contributed by atoms with van der Waals surface area (Å²) in [6.07, 6.45) is 2.25. The number of ether oxygens (including phenoxy) is 1. The summed E-state index contributed by atoms with van der Waals surface area (Å²) in [6.45, 7) is 0. The van der Waals surface area contributed by atoms with Crippen LogP contribution < -0.4 is 4.74 Å². The Labute approximate surface area is 87.5 Å². The Morgan fingerprint density at radius 3 is 2.67 bits per heavy atom. The largest absolute Gasteiger partial charge is 0.504 e. The summed E-state index contributed by atoms with van der Waals surface area (Å²) in [5.41, 5.74) is 1.09. The molecule has 1 aromatic rings. The third-order valence-electron chi connectivity index (χ3n) is 2.10. The van der Waals surface area contributed by atoms with Gasteiger partial charge in [0.1, 0.15) is 12.6 Å². The first-order valence-electron chi connectivity index (χ1n) is 4.51. The molecule has 0 saturated carbocycles. The van der Waals surface area contributed by atoms with E-state index >= 15 is 0 Å². The molecule has 4 heteroatoms. The van der Waals surface area contributed by atoms with Crippen LogP contribution in [0.3, 0.4) is 0 Å². The Morgan fingerprint density at radius 1 is 1.40 bits per heavy atom. The van der Waals surface area contributed by atoms with Crippen LogP contribution >= 0.6 is 0 Å². The molecule has 0 atom stereocenters. The molecule has 0 aliphatic carbocycles. The first-order chi connectivity index (χ1) is 7.22. The lowest BCUT2D eigenvalue weighted by Gasteiger charge is -2.08. The zero-order valence-electron chi connectivity index (χ0n) is 8.40. The molecule has 0 aliphatic rings. The van der Waals surface area contributed by atoms with Gasteiger partial charge in [-0.3, -0.25) is 4.79 Å². The third-order valence-corrected chi connectivity index (χ3v) is 2.10. The number of phenols is 1. The van der Waals surface area contributed by atoms with E-state index in [9.17, 15) is 14.7 Å². The number of aryl methyl sites for hydroxylation is 1. The highest BCUT2D eigenvalue weighted by Crippen LogP contribution is 2.29. The molecule has 0 amide bonds. The van der Waals surface area contributed by atoms with Gasteiger partial charge < -0.3 is 14.6 Å². The molecule has 0 unspecified atom stereocenters. The second-order valence-corrected chi connectivity index (χ2v) is 3.05. The van der Waals surface area contributed by atoms with Gasteiger partial charge in [-0.25, -0.2) is 0 Å². The zero-order valence-corrected chi connectivity index (χ0v) is 8.40. The van der Waals surface area contributed by atoms with Crippen molar-refractivity contribution in [3.63, 3.8) is 0 Å². The fourth-order valence-electron chi connectivity index (χ4n) is 1.33. The molecule has 15 heavy (non-hydrogen) atoms. The number of aldehydes is 2. The molecule has 0 aliphatic heterocycles. The lowest BCUT2D eigenvalue weighted by molar-refractivity contribution is -0.107. The van der Waals surface area contributed by atoms with Gasteiger partial charge in [0, 0.05) is 12.0 Å². The van der Waals surface area contributed by atoms with Crippen molar-refractivity contribution < 1.29 is 19.4 Å². The summed E-state index contributed by atoms with van der Waals surface area (Å²) in [7, 11) is 1.43. The predicted molar refractivity (Wildman–Crippen MR) is 54.4 cm³/mol. The summed E-state index contributed by atoms with van der Waals surface area (Å²) in [6, 6.07) is 2.91. The van der Waals surface area contributed by atoms with Gasteiger partial charge in [-0.1, -0.05) is 0 Å². The monoisotopic (exact) mass is 208 g/mol. The fraction of sp³-hybridized carbons (Fsp3) is 0.273. The highest BCUT2D eigenvalue weighted by Gasteiger charge is 2.08. The first-order valence-corrected chi connectivity index (χ1v) is 4.51. The minimum atomic E-state index is -0.0746. The number of aromatic hydroxyl groups is 1. The standard InChI is InChI=1S/C11H12O4/c1-15-11-6-8(3-2-4-12)9(7-13)5-10(11)14/h4-7,14H,2-3H2,1H3. The highest BCUT2D eigenvalue weighted by molar-refractivity contribution is 5.79. The second-order valence-electron chi connectivity index (χ2n) is 3.05. The summed E-state index contributed by atoms with van der Waals surface area (Å²) in [5.74, 6) is 0.232. The molecule has 0 bridgehead atoms. The molecular formula is C11H12O4. The molecule has 1 rings (SSSR count). The van der Waals surface area contributed by atoms with Crippen molar-refractivity contribution in [2.45, 2.75) is 12.8 Å². The number of hydrogen-bond donors (Lipinski definition) is 1. The van der Waals surface area contributed by atoms with Crippen LogP contribution in [0.25, 0.3) is 0 Å². The van der Waals surface area contributed by atoms with Crippen molar-refractivity contribution in [1.82, 2.24) is 0 Å². The Balaban J connectivity index is 3.09. The lowest BCUT2D eigenvalue weighted by Crippen LogP contribution is -1.96. The van der Waals surface area contributed by atoms with Crippen LogP contribution in [0.1, 0.15) is 22.3 Å². The van der Waals surface area contributed by atoms with Gasteiger partial charge in [0.15, 0.2) is 11.5 Å². The van der Waals surface area contributed by atoms with Crippen molar-refractivity contribution in [3.05, 3.63) is 23.3 Å². The number of carbonyl (C=O) groups excluding carboxylic acids is 2. The van der Waals surface area contributed by atoms with E-state index < -0.39 is 0 Å². The maximum Gasteiger partial charge on any atom is 0.160 e. The fourth-order valence-corrected chi connectivity index (χ4v) is 1.33. The van der Waals surface area contributed by atoms with Crippen LogP contribution in [0.4, 0.5) is 0 Å². The number of rotatable bonds is 5. The molecule has 0 heterocycles. The summed E-state index contributed by atoms with van der Waals surface area (Å²) in [5, 5.41) is 9.42. The molecule has 0 radical (unpaired) electrons. The van der Waals surface area contributed by atoms with Crippen LogP contribution in [0.15, 0.2) is 12.1 Å². The van der Waals surface area contributed by atoms with Crippen LogP contribution in [-0.2, 0) is 11.2 Å². The summed E-state index contributed by atoms with van der Waals surface area (Å²) in [4.78, 5) is 20.9. The van der Waals surface area contributed by atoms with Gasteiger partial charge in [0.05, 0.1) is 7.11 Å². The van der Waals surface area contributed by atoms with Crippen LogP contribution in [0.2, 0.25) is 0 Å². The number of hydrogen-bond acceptors (Lipinski definition) is 4. The molecular weight excluding hydrogens is 196 g/mol. The Morgan fingerprint density at radius 2 is 2.13 bits per heavy atom. The SMILES string of the molecule is COc1cc(CCC=O)c(C=O)cc1O. The van der Waals surface area contributed by atoms with Gasteiger partial charge in [0.25, 0.3) is 0 Å². The van der Waals surface area contributed by atoms with E-state index in [1.807, 2.05) is 0 Å². The van der Waals surface area contributed by atoms with Crippen molar-refractivity contribution in [2.24, 2.45) is 0 Å². The van der Waals surface area contributed by atoms with E-state index in [2.05, 4.69) is 0 Å². The normalized spacial score (nSPS) is 9.67. The summed E-state index contributed by atoms with van der Waals surface area (Å²) < 4.78 is 4.91. The molecule has 0 fully saturated rings. The molecule has 0 saturated heterocycles. The lowest BCUT2D eigenvalue weighted by atomic mass is 10.0. The number of phenolic OH excluding ortho intramolecular Hbond substituents is 1. The molecule has 1 aromatic carbocycles. The van der Waals surface area contributed by atoms with Gasteiger partial charge in [0.2, 0.25) is 0 Å². The van der Waals surface area contributed by atoms with E-state index in [-0.39, 0.29) is 5.75 Å². The van der Waals surface area contributed by atoms with Gasteiger partial charge in [-0.05, 0) is 24.1 Å². The number of methoxy groups -OCH3 is 1. The maximum atomic E-state index is 10.7. The van der Waals surface area contributed by atoms with E-state index in [1.165, 1.54) is 13.2 Å². The zero-order chi connectivity index (χ0) is 11.3. The quantitative estimate of drug-likeness (QED) is 0.742. The minimum absolute atomic E-state index is 0.0746. The van der Waals surface area contributed by atoms with Crippen molar-refractivity contribution in [3.8, 4) is 11.5 Å². The smallest absolute Gasteiger partial charge is 0.160 e. The first kappa shape index (κ1) is 11.2. The average molecular weight is 208 g/mol. The summed E-state index contributed by atoms with van der Waals surface area (Å²) >= 11 is 0. The highest BCUT2D eigenvalue weighted by atomic mass is 16.5. The van der Waals surface area contributed by atoms with Crippen LogP contribution in [-0.4, -0.2) is 24.8 Å². The third kappa shape index (κ3) is 2.56. The van der Waals surface area contributed by atoms with Gasteiger partial charge in [-0.15, -0.1) is 0 Å². The molecule has 0 spiro atoms. The Hall–Kier alpha value is -1.84. The van der Waals surface area contributed by atoms with E-state index in [4.69, 9.17) is 4.74 Å². The molecule has 80 valence electrons. The molecule has 1 N–H and O–H groups in total. The average Bonchev–Trinajstić information content (AvgIpc) is 2.26. The van der Waals surface area contributed by atoms with Crippen molar-refractivity contribution >= 4 is 12.6 Å².